The summed E-state index contributed by atoms with van der Waals surface area (Å²) in [5.74, 6) is 0.543. The molecule has 0 amide bonds. The number of ether oxygens (including phenoxy) is 6. The van der Waals surface area contributed by atoms with Crippen molar-refractivity contribution >= 4 is 17.9 Å². The maximum Gasteiger partial charge on any atom is 0.333 e. The molecule has 0 aliphatic heterocycles. The van der Waals surface area contributed by atoms with Gasteiger partial charge in [0.2, 0.25) is 0 Å². The lowest BCUT2D eigenvalue weighted by atomic mass is 9.71. The van der Waals surface area contributed by atoms with Crippen LogP contribution in [0.3, 0.4) is 0 Å². The molecule has 9 heteroatoms. The third-order valence-electron chi connectivity index (χ3n) is 7.85. The minimum Gasteiger partial charge on any atom is -0.490 e. The molecule has 0 bridgehead atoms. The summed E-state index contributed by atoms with van der Waals surface area (Å²) in [6.45, 7) is 22.1. The summed E-state index contributed by atoms with van der Waals surface area (Å²) in [6.07, 6.45) is -1.28. The van der Waals surface area contributed by atoms with Crippen LogP contribution in [-0.4, -0.2) is 56.0 Å². The van der Waals surface area contributed by atoms with Gasteiger partial charge in [0.05, 0.1) is 5.92 Å². The molecule has 0 heterocycles. The van der Waals surface area contributed by atoms with Gasteiger partial charge in [0, 0.05) is 16.6 Å². The number of hydrogen-bond donors (Lipinski definition) is 0. The van der Waals surface area contributed by atoms with Gasteiger partial charge in [-0.25, -0.2) is 9.59 Å². The second kappa shape index (κ2) is 18.1. The van der Waals surface area contributed by atoms with Gasteiger partial charge in [0.25, 0.3) is 0 Å². The molecule has 50 heavy (non-hydrogen) atoms. The average molecular weight is 687 g/mol. The van der Waals surface area contributed by atoms with Crippen molar-refractivity contribution in [1.82, 2.24) is 0 Å². The van der Waals surface area contributed by atoms with Gasteiger partial charge in [0.1, 0.15) is 55.4 Å². The Morgan fingerprint density at radius 1 is 0.540 bits per heavy atom. The summed E-state index contributed by atoms with van der Waals surface area (Å²) in [6, 6.07) is 23.5. The molecule has 0 fully saturated rings. The minimum atomic E-state index is -0.607. The fourth-order valence-corrected chi connectivity index (χ4v) is 4.80. The zero-order valence-electron chi connectivity index (χ0n) is 30.4. The molecular formula is C41H50O9. The highest BCUT2D eigenvalue weighted by Gasteiger charge is 2.31. The Morgan fingerprint density at radius 3 is 1.08 bits per heavy atom. The summed E-state index contributed by atoms with van der Waals surface area (Å²) in [5.41, 5.74) is 3.07. The topological polar surface area (TPSA) is 107 Å². The van der Waals surface area contributed by atoms with Gasteiger partial charge in [-0.15, -0.1) is 0 Å². The molecule has 3 unspecified atom stereocenters. The maximum atomic E-state index is 11.9. The standard InChI is InChI=1S/C41H50O9/c1-26(2)38(42)48-29(7)23-45-35-17-11-32(12-18-35)41(10,33-13-19-36(20-14-33)46-24-30(8)49-39(43)27(3)4)34-15-21-37(22-16-34)47-25-31(9)50-40(44)28(5)6/h11-22,28-31H,1,3,23-25H2,2,4-10H3. The van der Waals surface area contributed by atoms with Gasteiger partial charge < -0.3 is 28.4 Å². The Labute approximate surface area is 296 Å². The van der Waals surface area contributed by atoms with Crippen molar-refractivity contribution in [3.63, 3.8) is 0 Å². The van der Waals surface area contributed by atoms with E-state index in [1.165, 1.54) is 0 Å². The molecule has 268 valence electrons. The van der Waals surface area contributed by atoms with Gasteiger partial charge in [-0.1, -0.05) is 63.4 Å². The number of benzene rings is 3. The lowest BCUT2D eigenvalue weighted by molar-refractivity contribution is -0.153. The highest BCUT2D eigenvalue weighted by Crippen LogP contribution is 2.40. The van der Waals surface area contributed by atoms with Crippen LogP contribution in [-0.2, 0) is 34.0 Å². The van der Waals surface area contributed by atoms with E-state index < -0.39 is 35.7 Å². The van der Waals surface area contributed by atoms with Crippen molar-refractivity contribution in [2.75, 3.05) is 19.8 Å². The van der Waals surface area contributed by atoms with Gasteiger partial charge in [-0.05, 0) is 94.6 Å². The molecule has 9 nitrogen and oxygen atoms in total. The number of hydrogen-bond acceptors (Lipinski definition) is 9. The van der Waals surface area contributed by atoms with E-state index in [0.717, 1.165) is 16.7 Å². The Kier molecular flexibility index (Phi) is 14.2. The van der Waals surface area contributed by atoms with E-state index in [4.69, 9.17) is 28.4 Å². The first-order valence-electron chi connectivity index (χ1n) is 16.7. The number of rotatable bonds is 18. The predicted octanol–water partition coefficient (Wildman–Crippen LogP) is 7.78. The summed E-state index contributed by atoms with van der Waals surface area (Å²) in [4.78, 5) is 35.7. The van der Waals surface area contributed by atoms with Crippen LogP contribution in [0.1, 0.15) is 72.1 Å². The largest absolute Gasteiger partial charge is 0.490 e. The molecular weight excluding hydrogens is 636 g/mol. The Balaban J connectivity index is 1.83. The molecule has 0 N–H and O–H groups in total. The average Bonchev–Trinajstić information content (AvgIpc) is 3.09. The van der Waals surface area contributed by atoms with Crippen LogP contribution in [0.25, 0.3) is 0 Å². The summed E-state index contributed by atoms with van der Waals surface area (Å²) >= 11 is 0. The summed E-state index contributed by atoms with van der Waals surface area (Å²) < 4.78 is 33.9. The molecule has 3 rings (SSSR count). The zero-order valence-corrected chi connectivity index (χ0v) is 30.4. The highest BCUT2D eigenvalue weighted by molar-refractivity contribution is 5.87. The monoisotopic (exact) mass is 686 g/mol. The van der Waals surface area contributed by atoms with Crippen molar-refractivity contribution in [1.29, 1.82) is 0 Å². The minimum absolute atomic E-state index is 0.193. The van der Waals surface area contributed by atoms with Crippen molar-refractivity contribution in [2.24, 2.45) is 5.92 Å². The number of carbonyl (C=O) groups is 3. The van der Waals surface area contributed by atoms with Gasteiger partial charge in [-0.2, -0.15) is 0 Å². The normalized spacial score (nSPS) is 13.9. The van der Waals surface area contributed by atoms with E-state index in [1.807, 2.05) is 72.8 Å². The fraction of sp³-hybridized carbons (Fsp3) is 0.390. The molecule has 3 atom stereocenters. The SMILES string of the molecule is C=C(C)C(=O)OC(C)COc1ccc(C(C)(c2ccc(OCC(C)OC(=O)C(=C)C)cc2)c2ccc(OCC(C)OC(=O)C(C)C)cc2)cc1. The quantitative estimate of drug-likeness (QED) is 0.0574. The molecule has 0 spiro atoms. The molecule has 0 aromatic heterocycles. The second-order valence-corrected chi connectivity index (χ2v) is 13.0. The van der Waals surface area contributed by atoms with Crippen molar-refractivity contribution in [2.45, 2.75) is 79.1 Å². The van der Waals surface area contributed by atoms with E-state index in [2.05, 4.69) is 20.1 Å². The van der Waals surface area contributed by atoms with E-state index in [9.17, 15) is 14.4 Å². The molecule has 0 saturated carbocycles. The van der Waals surface area contributed by atoms with Crippen LogP contribution in [0.2, 0.25) is 0 Å². The zero-order chi connectivity index (χ0) is 37.0. The van der Waals surface area contributed by atoms with Crippen LogP contribution < -0.4 is 14.2 Å². The van der Waals surface area contributed by atoms with E-state index in [-0.39, 0.29) is 31.7 Å². The molecule has 0 aliphatic rings. The first-order chi connectivity index (χ1) is 23.6. The second-order valence-electron chi connectivity index (χ2n) is 13.0. The molecule has 0 radical (unpaired) electrons. The Bertz CT molecular complexity index is 1520. The third-order valence-corrected chi connectivity index (χ3v) is 7.85. The van der Waals surface area contributed by atoms with Gasteiger partial charge in [-0.3, -0.25) is 4.79 Å². The predicted molar refractivity (Wildman–Crippen MR) is 192 cm³/mol. The Hall–Kier alpha value is -5.05. The summed E-state index contributed by atoms with van der Waals surface area (Å²) in [5, 5.41) is 0. The van der Waals surface area contributed by atoms with Crippen molar-refractivity contribution < 1.29 is 42.8 Å². The maximum absolute atomic E-state index is 11.9. The van der Waals surface area contributed by atoms with Crippen molar-refractivity contribution in [3.05, 3.63) is 114 Å². The van der Waals surface area contributed by atoms with E-state index >= 15 is 0 Å². The van der Waals surface area contributed by atoms with Crippen LogP contribution in [0.15, 0.2) is 97.1 Å². The van der Waals surface area contributed by atoms with Crippen LogP contribution in [0.4, 0.5) is 0 Å². The smallest absolute Gasteiger partial charge is 0.333 e. The van der Waals surface area contributed by atoms with Crippen LogP contribution in [0, 0.1) is 5.92 Å². The lowest BCUT2D eigenvalue weighted by Gasteiger charge is -2.32. The molecule has 0 saturated heterocycles. The van der Waals surface area contributed by atoms with E-state index in [0.29, 0.717) is 28.4 Å². The summed E-state index contributed by atoms with van der Waals surface area (Å²) in [7, 11) is 0. The van der Waals surface area contributed by atoms with Gasteiger partial charge in [0.15, 0.2) is 0 Å². The third kappa shape index (κ3) is 11.3. The highest BCUT2D eigenvalue weighted by atomic mass is 16.6. The molecule has 3 aromatic rings. The number of carbonyl (C=O) groups excluding carboxylic acids is 3. The first kappa shape index (κ1) is 39.4. The van der Waals surface area contributed by atoms with E-state index in [1.54, 1.807) is 48.5 Å². The lowest BCUT2D eigenvalue weighted by Crippen LogP contribution is -2.26. The van der Waals surface area contributed by atoms with Crippen LogP contribution >= 0.6 is 0 Å². The van der Waals surface area contributed by atoms with Gasteiger partial charge >= 0.3 is 17.9 Å². The molecule has 3 aromatic carbocycles. The Morgan fingerprint density at radius 2 is 0.820 bits per heavy atom. The molecule has 0 aliphatic carbocycles. The fourth-order valence-electron chi connectivity index (χ4n) is 4.80. The van der Waals surface area contributed by atoms with Crippen molar-refractivity contribution in [3.8, 4) is 17.2 Å². The van der Waals surface area contributed by atoms with Crippen LogP contribution in [0.5, 0.6) is 17.2 Å². The first-order valence-corrected chi connectivity index (χ1v) is 16.7. The number of esters is 3.